The molecular formula is C32H42O. The number of benzene rings is 1. The van der Waals surface area contributed by atoms with E-state index in [1.165, 1.54) is 56.1 Å². The first-order chi connectivity index (χ1) is 15.8. The Labute approximate surface area is 201 Å². The lowest BCUT2D eigenvalue weighted by Crippen LogP contribution is -2.51. The lowest BCUT2D eigenvalue weighted by Gasteiger charge is -2.60. The van der Waals surface area contributed by atoms with E-state index in [0.29, 0.717) is 34.7 Å². The number of aliphatic hydroxyl groups is 1. The molecule has 1 aromatic carbocycles. The zero-order chi connectivity index (χ0) is 23.1. The predicted octanol–water partition coefficient (Wildman–Crippen LogP) is 7.53. The van der Waals surface area contributed by atoms with E-state index >= 15 is 0 Å². The molecule has 2 spiro atoms. The molecule has 0 aromatic heterocycles. The Bertz CT molecular complexity index is 1010. The Hall–Kier alpha value is -1.60. The van der Waals surface area contributed by atoms with Gasteiger partial charge in [-0.3, -0.25) is 0 Å². The molecule has 0 radical (unpaired) electrons. The summed E-state index contributed by atoms with van der Waals surface area (Å²) in [6.45, 7) is 12.6. The highest BCUT2D eigenvalue weighted by atomic mass is 16.3. The molecular weight excluding hydrogens is 400 g/mol. The molecule has 0 bridgehead atoms. The molecule has 1 nitrogen and oxygen atoms in total. The Kier molecular flexibility index (Phi) is 4.78. The van der Waals surface area contributed by atoms with Gasteiger partial charge >= 0.3 is 0 Å². The molecule has 176 valence electrons. The van der Waals surface area contributed by atoms with Crippen molar-refractivity contribution < 1.29 is 5.11 Å². The van der Waals surface area contributed by atoms with Crippen LogP contribution in [0, 0.1) is 45.3 Å². The maximum atomic E-state index is 10.2. The fourth-order valence-electron chi connectivity index (χ4n) is 10.1. The van der Waals surface area contributed by atoms with Crippen LogP contribution in [0.2, 0.25) is 0 Å². The molecule has 5 aliphatic carbocycles. The van der Waals surface area contributed by atoms with Gasteiger partial charge in [0.2, 0.25) is 0 Å². The first-order valence-electron chi connectivity index (χ1n) is 13.5. The van der Waals surface area contributed by atoms with E-state index in [9.17, 15) is 5.11 Å². The molecule has 0 amide bonds. The highest BCUT2D eigenvalue weighted by Crippen LogP contribution is 2.87. The van der Waals surface area contributed by atoms with Crippen molar-refractivity contribution in [2.45, 2.75) is 72.1 Å². The van der Waals surface area contributed by atoms with Gasteiger partial charge in [-0.1, -0.05) is 87.1 Å². The van der Waals surface area contributed by atoms with Crippen LogP contribution in [0.3, 0.4) is 0 Å². The number of aliphatic hydroxyl groups excluding tert-OH is 1. The van der Waals surface area contributed by atoms with E-state index in [4.69, 9.17) is 0 Å². The highest BCUT2D eigenvalue weighted by molar-refractivity contribution is 5.55. The minimum atomic E-state index is 0.288. The van der Waals surface area contributed by atoms with Crippen molar-refractivity contribution in [2.75, 3.05) is 6.61 Å². The van der Waals surface area contributed by atoms with E-state index in [0.717, 1.165) is 18.3 Å². The first-order valence-corrected chi connectivity index (χ1v) is 13.5. The number of allylic oxidation sites excluding steroid dienone is 5. The molecule has 0 heterocycles. The van der Waals surface area contributed by atoms with E-state index in [2.05, 4.69) is 75.9 Å². The monoisotopic (exact) mass is 442 g/mol. The number of fused-ring (bicyclic) bond motifs is 1. The largest absolute Gasteiger partial charge is 0.396 e. The van der Waals surface area contributed by atoms with Gasteiger partial charge in [0.25, 0.3) is 0 Å². The molecule has 1 heteroatoms. The fraction of sp³-hybridized carbons (Fsp3) is 0.625. The summed E-state index contributed by atoms with van der Waals surface area (Å²) < 4.78 is 0. The second-order valence-corrected chi connectivity index (χ2v) is 13.1. The molecule has 1 aromatic rings. The molecule has 3 fully saturated rings. The Morgan fingerprint density at radius 1 is 1.09 bits per heavy atom. The summed E-state index contributed by atoms with van der Waals surface area (Å²) in [5.74, 6) is 2.53. The van der Waals surface area contributed by atoms with Crippen LogP contribution in [0.25, 0.3) is 0 Å². The van der Waals surface area contributed by atoms with E-state index in [1.54, 1.807) is 5.57 Å². The van der Waals surface area contributed by atoms with Gasteiger partial charge in [0.1, 0.15) is 0 Å². The summed E-state index contributed by atoms with van der Waals surface area (Å²) in [6.07, 6.45) is 17.9. The Morgan fingerprint density at radius 2 is 1.85 bits per heavy atom. The predicted molar refractivity (Wildman–Crippen MR) is 137 cm³/mol. The maximum absolute atomic E-state index is 10.2. The van der Waals surface area contributed by atoms with Gasteiger partial charge in [-0.05, 0) is 91.4 Å². The van der Waals surface area contributed by atoms with Crippen LogP contribution >= 0.6 is 0 Å². The van der Waals surface area contributed by atoms with E-state index < -0.39 is 0 Å². The Morgan fingerprint density at radius 3 is 2.61 bits per heavy atom. The van der Waals surface area contributed by atoms with Crippen LogP contribution in [-0.2, 0) is 6.42 Å². The lowest BCUT2D eigenvalue weighted by molar-refractivity contribution is 0.0207. The van der Waals surface area contributed by atoms with E-state index in [-0.39, 0.29) is 5.41 Å². The van der Waals surface area contributed by atoms with Crippen LogP contribution in [0.5, 0.6) is 0 Å². The zero-order valence-corrected chi connectivity index (χ0v) is 20.9. The quantitative estimate of drug-likeness (QED) is 0.467. The van der Waals surface area contributed by atoms with Gasteiger partial charge in [-0.15, -0.1) is 0 Å². The lowest BCUT2D eigenvalue weighted by atomic mass is 9.44. The van der Waals surface area contributed by atoms with Gasteiger partial charge in [0.15, 0.2) is 0 Å². The standard InChI is InChI=1S/C32H42O/c1-22-17-27-30(4)26(11-8-14-32(30)28(22)29(32,2)3)13-16-31(27)15-12-24(20-31)19-25(21-33)18-23-9-6-5-7-10-23/h5-10,14,17,24-26,28,33H,1,11-13,15-16,18-21H2,2-4H3/t24-,25-,26+,28+,30-,31-,32+/m1/s1. The van der Waals surface area contributed by atoms with Crippen LogP contribution < -0.4 is 0 Å². The average Bonchev–Trinajstić information content (AvgIpc) is 3.09. The van der Waals surface area contributed by atoms with Crippen LogP contribution in [0.4, 0.5) is 0 Å². The number of hydrogen-bond donors (Lipinski definition) is 1. The average molecular weight is 443 g/mol. The summed E-state index contributed by atoms with van der Waals surface area (Å²) in [7, 11) is 0. The Balaban J connectivity index is 1.28. The van der Waals surface area contributed by atoms with Crippen molar-refractivity contribution in [3.63, 3.8) is 0 Å². The fourth-order valence-corrected chi connectivity index (χ4v) is 10.1. The topological polar surface area (TPSA) is 20.2 Å². The molecule has 3 saturated carbocycles. The molecule has 5 aliphatic rings. The van der Waals surface area contributed by atoms with Gasteiger partial charge < -0.3 is 5.11 Å². The minimum absolute atomic E-state index is 0.288. The molecule has 33 heavy (non-hydrogen) atoms. The minimum Gasteiger partial charge on any atom is -0.396 e. The summed E-state index contributed by atoms with van der Waals surface area (Å²) in [6, 6.07) is 10.8. The molecule has 7 atom stereocenters. The summed E-state index contributed by atoms with van der Waals surface area (Å²) in [5, 5.41) is 10.2. The van der Waals surface area contributed by atoms with Crippen molar-refractivity contribution >= 4 is 0 Å². The molecule has 1 N–H and O–H groups in total. The number of rotatable bonds is 5. The van der Waals surface area contributed by atoms with Crippen LogP contribution in [0.15, 0.2) is 66.3 Å². The molecule has 6 rings (SSSR count). The molecule has 0 saturated heterocycles. The molecule has 0 unspecified atom stereocenters. The first kappa shape index (κ1) is 21.9. The second kappa shape index (κ2) is 7.20. The SMILES string of the molecule is C=C1C=C2[C@]3(CC[C@H](C[C@H](CO)Cc4ccccc4)C3)CC[C@@H]3CC=C[C@@]4([C@@H]1C4(C)C)[C@@]23C. The van der Waals surface area contributed by atoms with Gasteiger partial charge in [0, 0.05) is 17.4 Å². The summed E-state index contributed by atoms with van der Waals surface area (Å²) >= 11 is 0. The van der Waals surface area contributed by atoms with Gasteiger partial charge in [-0.2, -0.15) is 0 Å². The van der Waals surface area contributed by atoms with Crippen molar-refractivity contribution in [1.82, 2.24) is 0 Å². The van der Waals surface area contributed by atoms with Crippen LogP contribution in [-0.4, -0.2) is 11.7 Å². The van der Waals surface area contributed by atoms with Gasteiger partial charge in [-0.25, -0.2) is 0 Å². The van der Waals surface area contributed by atoms with Crippen molar-refractivity contribution in [1.29, 1.82) is 0 Å². The third-order valence-electron chi connectivity index (χ3n) is 11.4. The third-order valence-corrected chi connectivity index (χ3v) is 11.4. The van der Waals surface area contributed by atoms with Crippen LogP contribution in [0.1, 0.15) is 71.3 Å². The third kappa shape index (κ3) is 2.75. The van der Waals surface area contributed by atoms with Crippen molar-refractivity contribution in [3.8, 4) is 0 Å². The second-order valence-electron chi connectivity index (χ2n) is 13.1. The summed E-state index contributed by atoms with van der Waals surface area (Å²) in [5.41, 5.74) is 5.82. The zero-order valence-electron chi connectivity index (χ0n) is 20.9. The van der Waals surface area contributed by atoms with Crippen molar-refractivity contribution in [2.24, 2.45) is 45.3 Å². The molecule has 0 aliphatic heterocycles. The normalized spacial score (nSPS) is 43.1. The maximum Gasteiger partial charge on any atom is 0.0462 e. The summed E-state index contributed by atoms with van der Waals surface area (Å²) in [4.78, 5) is 0. The van der Waals surface area contributed by atoms with Crippen molar-refractivity contribution in [3.05, 3.63) is 71.8 Å². The smallest absolute Gasteiger partial charge is 0.0462 e. The van der Waals surface area contributed by atoms with E-state index in [1.807, 2.05) is 0 Å². The number of hydrogen-bond acceptors (Lipinski definition) is 1. The highest BCUT2D eigenvalue weighted by Gasteiger charge is 2.81. The van der Waals surface area contributed by atoms with Gasteiger partial charge in [0.05, 0.1) is 0 Å².